The monoisotopic (exact) mass is 172 g/mol. The Balaban J connectivity index is 2.43. The fourth-order valence-electron chi connectivity index (χ4n) is 1.000. The van der Waals surface area contributed by atoms with Gasteiger partial charge in [-0.3, -0.25) is 0 Å². The minimum Gasteiger partial charge on any atom is -0.478 e. The molecule has 0 spiro atoms. The van der Waals surface area contributed by atoms with Crippen LogP contribution < -0.4 is 0 Å². The number of aliphatic carboxylic acids is 1. The van der Waals surface area contributed by atoms with Crippen molar-refractivity contribution in [2.75, 3.05) is 6.61 Å². The van der Waals surface area contributed by atoms with Gasteiger partial charge >= 0.3 is 5.97 Å². The zero-order valence-electron chi connectivity index (χ0n) is 7.11. The Bertz CT molecular complexity index is 207. The summed E-state index contributed by atoms with van der Waals surface area (Å²) in [5.74, 6) is -1.56. The molecule has 68 valence electrons. The van der Waals surface area contributed by atoms with Gasteiger partial charge in [-0.25, -0.2) is 4.79 Å². The van der Waals surface area contributed by atoms with Crippen LogP contribution in [0.2, 0.25) is 0 Å². The van der Waals surface area contributed by atoms with Gasteiger partial charge in [0.05, 0.1) is 6.61 Å². The largest absolute Gasteiger partial charge is 0.478 e. The number of hydrogen-bond acceptors (Lipinski definition) is 3. The molecule has 4 heteroatoms. The first kappa shape index (κ1) is 9.22. The predicted molar refractivity (Wildman–Crippen MR) is 41.7 cm³/mol. The molecule has 0 unspecified atom stereocenters. The van der Waals surface area contributed by atoms with Gasteiger partial charge in [-0.2, -0.15) is 0 Å². The van der Waals surface area contributed by atoms with E-state index in [2.05, 4.69) is 0 Å². The van der Waals surface area contributed by atoms with Crippen molar-refractivity contribution in [3.8, 4) is 0 Å². The molecule has 1 rings (SSSR count). The summed E-state index contributed by atoms with van der Waals surface area (Å²) in [5.41, 5.74) is 0. The molecule has 1 saturated heterocycles. The number of carboxylic acid groups (broad SMARTS) is 1. The van der Waals surface area contributed by atoms with Crippen molar-refractivity contribution < 1.29 is 19.4 Å². The van der Waals surface area contributed by atoms with Crippen molar-refractivity contribution >= 4 is 5.97 Å². The summed E-state index contributed by atoms with van der Waals surface area (Å²) in [6, 6.07) is 0. The molecule has 1 N–H and O–H groups in total. The number of rotatable bonds is 2. The topological polar surface area (TPSA) is 55.8 Å². The van der Waals surface area contributed by atoms with Gasteiger partial charge in [0.2, 0.25) is 0 Å². The van der Waals surface area contributed by atoms with Gasteiger partial charge in [-0.05, 0) is 19.9 Å². The number of ether oxygens (including phenoxy) is 2. The van der Waals surface area contributed by atoms with Crippen LogP contribution in [0.25, 0.3) is 0 Å². The van der Waals surface area contributed by atoms with Crippen LogP contribution in [0.4, 0.5) is 0 Å². The molecule has 0 aromatic heterocycles. The third-order valence-corrected chi connectivity index (χ3v) is 1.48. The SMILES string of the molecule is CC1(C)OC[C@H](C=CC(=O)O)O1. The van der Waals surface area contributed by atoms with Crippen LogP contribution >= 0.6 is 0 Å². The number of hydrogen-bond donors (Lipinski definition) is 1. The van der Waals surface area contributed by atoms with Crippen LogP contribution in [-0.2, 0) is 14.3 Å². The van der Waals surface area contributed by atoms with Crippen molar-refractivity contribution in [3.63, 3.8) is 0 Å². The zero-order chi connectivity index (χ0) is 9.19. The highest BCUT2D eigenvalue weighted by Gasteiger charge is 2.30. The van der Waals surface area contributed by atoms with Gasteiger partial charge in [-0.1, -0.05) is 0 Å². The average molecular weight is 172 g/mol. The van der Waals surface area contributed by atoms with Crippen LogP contribution in [-0.4, -0.2) is 29.6 Å². The molecule has 0 saturated carbocycles. The lowest BCUT2D eigenvalue weighted by Gasteiger charge is -2.15. The molecule has 4 nitrogen and oxygen atoms in total. The summed E-state index contributed by atoms with van der Waals surface area (Å²) in [6.45, 7) is 4.00. The van der Waals surface area contributed by atoms with E-state index in [0.29, 0.717) is 6.61 Å². The quantitative estimate of drug-likeness (QED) is 0.625. The molecule has 12 heavy (non-hydrogen) atoms. The highest BCUT2D eigenvalue weighted by molar-refractivity contribution is 5.79. The van der Waals surface area contributed by atoms with Crippen molar-refractivity contribution in [2.24, 2.45) is 0 Å². The van der Waals surface area contributed by atoms with Crippen LogP contribution in [0.15, 0.2) is 12.2 Å². The third kappa shape index (κ3) is 2.64. The highest BCUT2D eigenvalue weighted by atomic mass is 16.7. The van der Waals surface area contributed by atoms with Gasteiger partial charge in [-0.15, -0.1) is 0 Å². The summed E-state index contributed by atoms with van der Waals surface area (Å²) >= 11 is 0. The first-order chi connectivity index (χ1) is 5.49. The molecule has 0 aromatic carbocycles. The normalized spacial score (nSPS) is 28.0. The summed E-state index contributed by atoms with van der Waals surface area (Å²) < 4.78 is 10.5. The van der Waals surface area contributed by atoms with Gasteiger partial charge in [0.25, 0.3) is 0 Å². The molecule has 0 aliphatic carbocycles. The number of carbonyl (C=O) groups is 1. The maximum Gasteiger partial charge on any atom is 0.328 e. The smallest absolute Gasteiger partial charge is 0.328 e. The molecule has 0 aromatic rings. The van der Waals surface area contributed by atoms with E-state index in [0.717, 1.165) is 6.08 Å². The molecule has 1 fully saturated rings. The fourth-order valence-corrected chi connectivity index (χ4v) is 1.000. The van der Waals surface area contributed by atoms with Crippen LogP contribution in [0.5, 0.6) is 0 Å². The Morgan fingerprint density at radius 1 is 1.67 bits per heavy atom. The van der Waals surface area contributed by atoms with E-state index in [-0.39, 0.29) is 6.10 Å². The lowest BCUT2D eigenvalue weighted by atomic mass is 10.3. The second-order valence-corrected chi connectivity index (χ2v) is 3.06. The van der Waals surface area contributed by atoms with Gasteiger partial charge < -0.3 is 14.6 Å². The standard InChI is InChI=1S/C8H12O4/c1-8(2)11-5-6(12-8)3-4-7(9)10/h3-4,6H,5H2,1-2H3,(H,9,10)/t6-/m0/s1. The van der Waals surface area contributed by atoms with E-state index in [4.69, 9.17) is 14.6 Å². The maximum atomic E-state index is 10.1. The Morgan fingerprint density at radius 3 is 2.75 bits per heavy atom. The lowest BCUT2D eigenvalue weighted by molar-refractivity contribution is -0.134. The summed E-state index contributed by atoms with van der Waals surface area (Å²) in [4.78, 5) is 10.1. The van der Waals surface area contributed by atoms with Crippen molar-refractivity contribution in [2.45, 2.75) is 25.7 Å². The van der Waals surface area contributed by atoms with E-state index >= 15 is 0 Å². The van der Waals surface area contributed by atoms with E-state index in [1.165, 1.54) is 6.08 Å². The molecule has 1 aliphatic heterocycles. The lowest BCUT2D eigenvalue weighted by Crippen LogP contribution is -2.20. The van der Waals surface area contributed by atoms with Crippen molar-refractivity contribution in [3.05, 3.63) is 12.2 Å². The Kier molecular flexibility index (Phi) is 2.49. The minimum atomic E-state index is -0.969. The maximum absolute atomic E-state index is 10.1. The second kappa shape index (κ2) is 3.25. The summed E-state index contributed by atoms with van der Waals surface area (Å²) in [6.07, 6.45) is 2.31. The fraction of sp³-hybridized carbons (Fsp3) is 0.625. The van der Waals surface area contributed by atoms with E-state index in [1.807, 2.05) is 0 Å². The minimum absolute atomic E-state index is 0.240. The van der Waals surface area contributed by atoms with Gasteiger partial charge in [0.1, 0.15) is 6.10 Å². The van der Waals surface area contributed by atoms with E-state index in [9.17, 15) is 4.79 Å². The Hall–Kier alpha value is -0.870. The van der Waals surface area contributed by atoms with Crippen LogP contribution in [0.3, 0.4) is 0 Å². The molecule has 0 radical (unpaired) electrons. The molecular weight excluding hydrogens is 160 g/mol. The predicted octanol–water partition coefficient (Wildman–Crippen LogP) is 0.779. The second-order valence-electron chi connectivity index (χ2n) is 3.06. The molecule has 1 aliphatic rings. The molecule has 1 atom stereocenters. The Labute approximate surface area is 70.8 Å². The first-order valence-corrected chi connectivity index (χ1v) is 3.72. The molecule has 1 heterocycles. The summed E-state index contributed by atoms with van der Waals surface area (Å²) in [7, 11) is 0. The first-order valence-electron chi connectivity index (χ1n) is 3.72. The average Bonchev–Trinajstić information content (AvgIpc) is 2.26. The van der Waals surface area contributed by atoms with E-state index in [1.54, 1.807) is 13.8 Å². The highest BCUT2D eigenvalue weighted by Crippen LogP contribution is 2.22. The Morgan fingerprint density at radius 2 is 2.33 bits per heavy atom. The number of carboxylic acids is 1. The van der Waals surface area contributed by atoms with Crippen LogP contribution in [0.1, 0.15) is 13.8 Å². The third-order valence-electron chi connectivity index (χ3n) is 1.48. The van der Waals surface area contributed by atoms with E-state index < -0.39 is 11.8 Å². The molecule has 0 bridgehead atoms. The molecular formula is C8H12O4. The van der Waals surface area contributed by atoms with Crippen molar-refractivity contribution in [1.82, 2.24) is 0 Å². The molecule has 0 amide bonds. The zero-order valence-corrected chi connectivity index (χ0v) is 7.11. The van der Waals surface area contributed by atoms with Crippen molar-refractivity contribution in [1.29, 1.82) is 0 Å². The van der Waals surface area contributed by atoms with Gasteiger partial charge in [0.15, 0.2) is 5.79 Å². The van der Waals surface area contributed by atoms with Gasteiger partial charge in [0, 0.05) is 6.08 Å². The summed E-state index contributed by atoms with van der Waals surface area (Å²) in [5, 5.41) is 8.32. The van der Waals surface area contributed by atoms with Crippen LogP contribution in [0, 0.1) is 0 Å².